The van der Waals surface area contributed by atoms with Crippen LogP contribution in [-0.2, 0) is 0 Å². The third-order valence-electron chi connectivity index (χ3n) is 3.74. The third kappa shape index (κ3) is 2.26. The summed E-state index contributed by atoms with van der Waals surface area (Å²) >= 11 is 0. The van der Waals surface area contributed by atoms with E-state index in [0.717, 1.165) is 19.3 Å². The van der Waals surface area contributed by atoms with Crippen LogP contribution in [0.1, 0.15) is 52.4 Å². The fraction of sp³-hybridized carbons (Fsp3) is 1.00. The summed E-state index contributed by atoms with van der Waals surface area (Å²) in [4.78, 5) is 0. The van der Waals surface area contributed by atoms with Crippen LogP contribution in [0.2, 0.25) is 0 Å². The maximum atomic E-state index is 10.4. The van der Waals surface area contributed by atoms with Crippen LogP contribution in [0.25, 0.3) is 0 Å². The van der Waals surface area contributed by atoms with Crippen molar-refractivity contribution in [3.63, 3.8) is 0 Å². The van der Waals surface area contributed by atoms with Crippen molar-refractivity contribution < 1.29 is 5.11 Å². The van der Waals surface area contributed by atoms with Gasteiger partial charge in [0.15, 0.2) is 0 Å². The summed E-state index contributed by atoms with van der Waals surface area (Å²) in [6.07, 6.45) is 6.75. The molecule has 1 aliphatic carbocycles. The van der Waals surface area contributed by atoms with Crippen LogP contribution in [0.3, 0.4) is 0 Å². The normalized spacial score (nSPS) is 34.1. The lowest BCUT2D eigenvalue weighted by Crippen LogP contribution is -2.50. The Labute approximate surface area is 93.9 Å². The lowest BCUT2D eigenvalue weighted by molar-refractivity contribution is 0.0110. The lowest BCUT2D eigenvalue weighted by Gasteiger charge is -2.32. The fourth-order valence-corrected chi connectivity index (χ4v) is 2.86. The van der Waals surface area contributed by atoms with Crippen molar-refractivity contribution in [1.82, 2.24) is 5.32 Å². The number of hydrogen-bond acceptors (Lipinski definition) is 2. The summed E-state index contributed by atoms with van der Waals surface area (Å²) in [5.41, 5.74) is -0.142. The SMILES string of the molecule is CC1(C)CC[C@@H](C2(O)CCCC2)N1.S. The molecular weight excluding hydrogens is 194 g/mol. The Morgan fingerprint density at radius 2 is 1.71 bits per heavy atom. The minimum Gasteiger partial charge on any atom is -0.388 e. The second-order valence-corrected chi connectivity index (χ2v) is 5.43. The average Bonchev–Trinajstić information content (AvgIpc) is 2.58. The molecule has 0 unspecified atom stereocenters. The van der Waals surface area contributed by atoms with Gasteiger partial charge in [0.05, 0.1) is 5.60 Å². The van der Waals surface area contributed by atoms with E-state index in [0.29, 0.717) is 6.04 Å². The van der Waals surface area contributed by atoms with Crippen LogP contribution in [0.4, 0.5) is 0 Å². The van der Waals surface area contributed by atoms with Gasteiger partial charge in [-0.1, -0.05) is 12.8 Å². The van der Waals surface area contributed by atoms with E-state index in [9.17, 15) is 5.11 Å². The molecule has 0 bridgehead atoms. The first kappa shape index (κ1) is 12.3. The van der Waals surface area contributed by atoms with Crippen LogP contribution in [0.5, 0.6) is 0 Å². The molecular formula is C11H23NOS. The molecule has 2 fully saturated rings. The Bertz CT molecular complexity index is 199. The Morgan fingerprint density at radius 1 is 1.14 bits per heavy atom. The molecule has 1 atom stereocenters. The minimum absolute atomic E-state index is 0. The zero-order valence-corrected chi connectivity index (χ0v) is 10.3. The molecule has 0 radical (unpaired) electrons. The van der Waals surface area contributed by atoms with Gasteiger partial charge in [0, 0.05) is 11.6 Å². The maximum absolute atomic E-state index is 10.4. The average molecular weight is 217 g/mol. The molecule has 0 spiro atoms. The van der Waals surface area contributed by atoms with Gasteiger partial charge in [0.25, 0.3) is 0 Å². The molecule has 2 rings (SSSR count). The summed E-state index contributed by atoms with van der Waals surface area (Å²) in [7, 11) is 0. The number of hydrogen-bond donors (Lipinski definition) is 2. The molecule has 0 aromatic carbocycles. The molecule has 1 aliphatic heterocycles. The number of nitrogens with one attached hydrogen (secondary N) is 1. The second-order valence-electron chi connectivity index (χ2n) is 5.43. The molecule has 2 N–H and O–H groups in total. The highest BCUT2D eigenvalue weighted by Crippen LogP contribution is 2.38. The Balaban J connectivity index is 0.000000980. The van der Waals surface area contributed by atoms with Crippen molar-refractivity contribution >= 4 is 13.5 Å². The van der Waals surface area contributed by atoms with Crippen molar-refractivity contribution in [1.29, 1.82) is 0 Å². The van der Waals surface area contributed by atoms with Crippen LogP contribution < -0.4 is 5.32 Å². The van der Waals surface area contributed by atoms with E-state index in [1.807, 2.05) is 0 Å². The zero-order chi connectivity index (χ0) is 9.53. The van der Waals surface area contributed by atoms with Crippen molar-refractivity contribution in [2.75, 3.05) is 0 Å². The molecule has 1 heterocycles. The van der Waals surface area contributed by atoms with Crippen LogP contribution in [-0.4, -0.2) is 22.3 Å². The van der Waals surface area contributed by atoms with E-state index in [4.69, 9.17) is 0 Å². The first-order valence-electron chi connectivity index (χ1n) is 5.52. The Kier molecular flexibility index (Phi) is 3.55. The van der Waals surface area contributed by atoms with E-state index in [-0.39, 0.29) is 24.6 Å². The predicted molar refractivity (Wildman–Crippen MR) is 64.0 cm³/mol. The van der Waals surface area contributed by atoms with Gasteiger partial charge in [0.2, 0.25) is 0 Å². The van der Waals surface area contributed by atoms with E-state index in [2.05, 4.69) is 19.2 Å². The summed E-state index contributed by atoms with van der Waals surface area (Å²) < 4.78 is 0. The Hall–Kier alpha value is 0.270. The molecule has 0 aromatic heterocycles. The molecule has 1 saturated heterocycles. The smallest absolute Gasteiger partial charge is 0.0800 e. The first-order valence-corrected chi connectivity index (χ1v) is 5.52. The lowest BCUT2D eigenvalue weighted by atomic mass is 9.91. The molecule has 0 aromatic rings. The third-order valence-corrected chi connectivity index (χ3v) is 3.74. The fourth-order valence-electron chi connectivity index (χ4n) is 2.86. The largest absolute Gasteiger partial charge is 0.388 e. The van der Waals surface area contributed by atoms with E-state index in [1.54, 1.807) is 0 Å². The molecule has 84 valence electrons. The summed E-state index contributed by atoms with van der Waals surface area (Å²) in [5, 5.41) is 13.9. The van der Waals surface area contributed by atoms with Crippen molar-refractivity contribution in [2.24, 2.45) is 0 Å². The van der Waals surface area contributed by atoms with Gasteiger partial charge in [-0.05, 0) is 39.5 Å². The first-order chi connectivity index (χ1) is 6.02. The minimum atomic E-state index is -0.381. The Morgan fingerprint density at radius 3 is 2.14 bits per heavy atom. The van der Waals surface area contributed by atoms with Gasteiger partial charge in [-0.25, -0.2) is 0 Å². The highest BCUT2D eigenvalue weighted by atomic mass is 32.1. The summed E-state index contributed by atoms with van der Waals surface area (Å²) in [6, 6.07) is 0.352. The van der Waals surface area contributed by atoms with Gasteiger partial charge in [-0.2, -0.15) is 13.5 Å². The van der Waals surface area contributed by atoms with Crippen molar-refractivity contribution in [3.05, 3.63) is 0 Å². The molecule has 2 aliphatic rings. The molecule has 14 heavy (non-hydrogen) atoms. The molecule has 2 nitrogen and oxygen atoms in total. The standard InChI is InChI=1S/C11H21NO.H2S/c1-10(2)8-5-9(12-10)11(13)6-3-4-7-11;/h9,12-13H,3-8H2,1-2H3;1H2/t9-;/m0./s1. The van der Waals surface area contributed by atoms with Crippen LogP contribution >= 0.6 is 13.5 Å². The maximum Gasteiger partial charge on any atom is 0.0800 e. The van der Waals surface area contributed by atoms with Gasteiger partial charge >= 0.3 is 0 Å². The van der Waals surface area contributed by atoms with E-state index < -0.39 is 0 Å². The zero-order valence-electron chi connectivity index (χ0n) is 9.27. The topological polar surface area (TPSA) is 32.3 Å². The van der Waals surface area contributed by atoms with Gasteiger partial charge in [-0.3, -0.25) is 0 Å². The van der Waals surface area contributed by atoms with Gasteiger partial charge in [-0.15, -0.1) is 0 Å². The summed E-state index contributed by atoms with van der Waals surface area (Å²) in [5.74, 6) is 0. The molecule has 1 saturated carbocycles. The highest BCUT2D eigenvalue weighted by Gasteiger charge is 2.44. The van der Waals surface area contributed by atoms with Gasteiger partial charge in [0.1, 0.15) is 0 Å². The highest BCUT2D eigenvalue weighted by molar-refractivity contribution is 7.59. The van der Waals surface area contributed by atoms with Crippen molar-refractivity contribution in [3.8, 4) is 0 Å². The van der Waals surface area contributed by atoms with Gasteiger partial charge < -0.3 is 10.4 Å². The predicted octanol–water partition coefficient (Wildman–Crippen LogP) is 1.93. The second kappa shape index (κ2) is 4.03. The number of rotatable bonds is 1. The van der Waals surface area contributed by atoms with Crippen LogP contribution in [0.15, 0.2) is 0 Å². The summed E-state index contributed by atoms with van der Waals surface area (Å²) in [6.45, 7) is 4.45. The van der Waals surface area contributed by atoms with Crippen molar-refractivity contribution in [2.45, 2.75) is 69.6 Å². The van der Waals surface area contributed by atoms with E-state index >= 15 is 0 Å². The number of aliphatic hydroxyl groups is 1. The monoisotopic (exact) mass is 217 g/mol. The molecule has 3 heteroatoms. The van der Waals surface area contributed by atoms with Crippen LogP contribution in [0, 0.1) is 0 Å². The molecule has 0 amide bonds. The quantitative estimate of drug-likeness (QED) is 0.703. The van der Waals surface area contributed by atoms with E-state index in [1.165, 1.54) is 19.3 Å².